The second-order valence-electron chi connectivity index (χ2n) is 8.05. The first-order valence-corrected chi connectivity index (χ1v) is 12.3. The van der Waals surface area contributed by atoms with E-state index in [1.54, 1.807) is 0 Å². The monoisotopic (exact) mass is 545 g/mol. The Kier molecular flexibility index (Phi) is 11.0. The second kappa shape index (κ2) is 14.2. The fourth-order valence-electron chi connectivity index (χ4n) is 3.59. The SMILES string of the molecule is O=C(CCCCOc1cc(C(=O)Nc2c(Cl)cncc2Cl)ccc1OC(F)F)OCCN1CCCC1. The molecule has 0 bridgehead atoms. The number of pyridine rings is 1. The minimum Gasteiger partial charge on any atom is -0.490 e. The maximum atomic E-state index is 12.8. The number of amides is 1. The molecule has 1 aromatic heterocycles. The molecule has 8 nitrogen and oxygen atoms in total. The predicted octanol–water partition coefficient (Wildman–Crippen LogP) is 5.43. The molecule has 1 aliphatic heterocycles. The van der Waals surface area contributed by atoms with Crippen molar-refractivity contribution in [1.29, 1.82) is 0 Å². The van der Waals surface area contributed by atoms with Gasteiger partial charge in [-0.3, -0.25) is 19.5 Å². The first-order valence-electron chi connectivity index (χ1n) is 11.5. The van der Waals surface area contributed by atoms with Crippen molar-refractivity contribution in [2.24, 2.45) is 0 Å². The third-order valence-corrected chi connectivity index (χ3v) is 5.99. The number of carbonyl (C=O) groups is 2. The molecule has 1 saturated heterocycles. The van der Waals surface area contributed by atoms with Crippen LogP contribution in [0.2, 0.25) is 10.0 Å². The smallest absolute Gasteiger partial charge is 0.387 e. The van der Waals surface area contributed by atoms with E-state index in [1.165, 1.54) is 43.4 Å². The summed E-state index contributed by atoms with van der Waals surface area (Å²) in [6.07, 6.45) is 6.18. The van der Waals surface area contributed by atoms with Gasteiger partial charge in [-0.15, -0.1) is 0 Å². The maximum Gasteiger partial charge on any atom is 0.387 e. The van der Waals surface area contributed by atoms with E-state index in [2.05, 4.69) is 19.9 Å². The minimum atomic E-state index is -3.07. The summed E-state index contributed by atoms with van der Waals surface area (Å²) in [6.45, 7) is 0.241. The molecule has 1 amide bonds. The second-order valence-corrected chi connectivity index (χ2v) is 8.86. The van der Waals surface area contributed by atoms with Gasteiger partial charge in [0.15, 0.2) is 11.5 Å². The molecule has 2 heterocycles. The van der Waals surface area contributed by atoms with Crippen LogP contribution in [-0.4, -0.2) is 61.2 Å². The quantitative estimate of drug-likeness (QED) is 0.265. The van der Waals surface area contributed by atoms with Crippen LogP contribution >= 0.6 is 23.2 Å². The lowest BCUT2D eigenvalue weighted by molar-refractivity contribution is -0.144. The highest BCUT2D eigenvalue weighted by Crippen LogP contribution is 2.32. The van der Waals surface area contributed by atoms with Crippen molar-refractivity contribution in [3.8, 4) is 11.5 Å². The number of hydrogen-bond donors (Lipinski definition) is 1. The molecule has 0 saturated carbocycles. The molecule has 0 unspecified atom stereocenters. The number of nitrogens with zero attached hydrogens (tertiary/aromatic N) is 2. The standard InChI is InChI=1S/C24H27Cl2F2N3O5/c25-17-14-29-15-18(26)22(17)30-23(33)16-6-7-19(36-24(27)28)20(13-16)34-11-4-1-5-21(32)35-12-10-31-8-2-3-9-31/h6-7,13-15,24H,1-5,8-12H2,(H,29,30,33). The lowest BCUT2D eigenvalue weighted by atomic mass is 10.2. The third kappa shape index (κ3) is 8.76. The van der Waals surface area contributed by atoms with E-state index in [0.29, 0.717) is 19.4 Å². The van der Waals surface area contributed by atoms with Gasteiger partial charge >= 0.3 is 12.6 Å². The Labute approximate surface area is 217 Å². The first kappa shape index (κ1) is 27.9. The highest BCUT2D eigenvalue weighted by Gasteiger charge is 2.17. The van der Waals surface area contributed by atoms with E-state index in [9.17, 15) is 18.4 Å². The first-order chi connectivity index (χ1) is 17.3. The largest absolute Gasteiger partial charge is 0.490 e. The predicted molar refractivity (Wildman–Crippen MR) is 131 cm³/mol. The maximum absolute atomic E-state index is 12.8. The van der Waals surface area contributed by atoms with Crippen molar-refractivity contribution in [1.82, 2.24) is 9.88 Å². The van der Waals surface area contributed by atoms with Gasteiger partial charge in [0, 0.05) is 30.9 Å². The molecular formula is C24H27Cl2F2N3O5. The number of hydrogen-bond acceptors (Lipinski definition) is 7. The number of rotatable bonds is 13. The number of unbranched alkanes of at least 4 members (excludes halogenated alkanes) is 1. The van der Waals surface area contributed by atoms with Crippen LogP contribution < -0.4 is 14.8 Å². The fraction of sp³-hybridized carbons (Fsp3) is 0.458. The van der Waals surface area contributed by atoms with Crippen molar-refractivity contribution < 1.29 is 32.6 Å². The summed E-state index contributed by atoms with van der Waals surface area (Å²) in [7, 11) is 0. The van der Waals surface area contributed by atoms with Crippen LogP contribution in [0.4, 0.5) is 14.5 Å². The average Bonchev–Trinajstić information content (AvgIpc) is 3.35. The number of esters is 1. The number of nitrogens with one attached hydrogen (secondary N) is 1. The van der Waals surface area contributed by atoms with Gasteiger partial charge in [-0.1, -0.05) is 23.2 Å². The Hall–Kier alpha value is -2.69. The number of aromatic nitrogens is 1. The van der Waals surface area contributed by atoms with Crippen LogP contribution in [0, 0.1) is 0 Å². The number of anilines is 1. The molecule has 0 spiro atoms. The van der Waals surface area contributed by atoms with Crippen molar-refractivity contribution in [3.63, 3.8) is 0 Å². The highest BCUT2D eigenvalue weighted by atomic mass is 35.5. The lowest BCUT2D eigenvalue weighted by Gasteiger charge is -2.15. The number of alkyl halides is 2. The molecule has 0 aliphatic carbocycles. The zero-order chi connectivity index (χ0) is 25.9. The molecular weight excluding hydrogens is 519 g/mol. The Morgan fingerprint density at radius 2 is 1.78 bits per heavy atom. The van der Waals surface area contributed by atoms with Crippen molar-refractivity contribution in [2.75, 3.05) is 38.2 Å². The van der Waals surface area contributed by atoms with E-state index >= 15 is 0 Å². The van der Waals surface area contributed by atoms with Gasteiger partial charge in [-0.2, -0.15) is 8.78 Å². The zero-order valence-electron chi connectivity index (χ0n) is 19.5. The number of likely N-dealkylation sites (tertiary alicyclic amines) is 1. The molecule has 1 N–H and O–H groups in total. The molecule has 36 heavy (non-hydrogen) atoms. The molecule has 0 radical (unpaired) electrons. The number of benzene rings is 1. The molecule has 2 aromatic rings. The Morgan fingerprint density at radius 3 is 2.47 bits per heavy atom. The summed E-state index contributed by atoms with van der Waals surface area (Å²) >= 11 is 12.1. The van der Waals surface area contributed by atoms with Crippen LogP contribution in [0.3, 0.4) is 0 Å². The van der Waals surface area contributed by atoms with Crippen molar-refractivity contribution in [2.45, 2.75) is 38.7 Å². The fourth-order valence-corrected chi connectivity index (χ4v) is 4.05. The van der Waals surface area contributed by atoms with Gasteiger partial charge in [-0.05, 0) is 57.0 Å². The van der Waals surface area contributed by atoms with E-state index in [-0.39, 0.29) is 51.8 Å². The number of halogens is 4. The molecule has 1 fully saturated rings. The van der Waals surface area contributed by atoms with E-state index in [1.807, 2.05) is 0 Å². The molecule has 0 atom stereocenters. The van der Waals surface area contributed by atoms with E-state index in [0.717, 1.165) is 19.6 Å². The van der Waals surface area contributed by atoms with Crippen LogP contribution in [0.15, 0.2) is 30.6 Å². The van der Waals surface area contributed by atoms with Gasteiger partial charge in [0.2, 0.25) is 0 Å². The summed E-state index contributed by atoms with van der Waals surface area (Å²) in [5.41, 5.74) is 0.276. The summed E-state index contributed by atoms with van der Waals surface area (Å²) < 4.78 is 41.0. The van der Waals surface area contributed by atoms with Gasteiger partial charge in [0.1, 0.15) is 6.61 Å². The van der Waals surface area contributed by atoms with Crippen molar-refractivity contribution >= 4 is 40.8 Å². The van der Waals surface area contributed by atoms with Gasteiger partial charge in [0.05, 0.1) is 22.3 Å². The minimum absolute atomic E-state index is 0.0388. The van der Waals surface area contributed by atoms with Crippen LogP contribution in [0.5, 0.6) is 11.5 Å². The van der Waals surface area contributed by atoms with Gasteiger partial charge in [0.25, 0.3) is 5.91 Å². The summed E-state index contributed by atoms with van der Waals surface area (Å²) in [6, 6.07) is 3.80. The average molecular weight is 546 g/mol. The summed E-state index contributed by atoms with van der Waals surface area (Å²) in [5.74, 6) is -1.14. The number of ether oxygens (including phenoxy) is 3. The Morgan fingerprint density at radius 1 is 1.06 bits per heavy atom. The number of carbonyl (C=O) groups excluding carboxylic acids is 2. The zero-order valence-corrected chi connectivity index (χ0v) is 21.0. The molecule has 12 heteroatoms. The molecule has 196 valence electrons. The lowest BCUT2D eigenvalue weighted by Crippen LogP contribution is -2.25. The normalized spacial score (nSPS) is 13.6. The summed E-state index contributed by atoms with van der Waals surface area (Å²) in [5, 5.41) is 2.84. The molecule has 1 aliphatic rings. The van der Waals surface area contributed by atoms with Crippen LogP contribution in [-0.2, 0) is 9.53 Å². The Bertz CT molecular complexity index is 1020. The molecule has 1 aromatic carbocycles. The molecule has 3 rings (SSSR count). The summed E-state index contributed by atoms with van der Waals surface area (Å²) in [4.78, 5) is 30.6. The van der Waals surface area contributed by atoms with Gasteiger partial charge < -0.3 is 19.5 Å². The van der Waals surface area contributed by atoms with Crippen LogP contribution in [0.25, 0.3) is 0 Å². The van der Waals surface area contributed by atoms with Crippen LogP contribution in [0.1, 0.15) is 42.5 Å². The van der Waals surface area contributed by atoms with E-state index < -0.39 is 12.5 Å². The Balaban J connectivity index is 1.50. The highest BCUT2D eigenvalue weighted by molar-refractivity contribution is 6.39. The van der Waals surface area contributed by atoms with Crippen molar-refractivity contribution in [3.05, 3.63) is 46.2 Å². The van der Waals surface area contributed by atoms with Gasteiger partial charge in [-0.25, -0.2) is 0 Å². The van der Waals surface area contributed by atoms with E-state index in [4.69, 9.17) is 32.7 Å². The topological polar surface area (TPSA) is 90.0 Å². The third-order valence-electron chi connectivity index (χ3n) is 5.42.